The van der Waals surface area contributed by atoms with Crippen LogP contribution in [0.5, 0.6) is 0 Å². The minimum absolute atomic E-state index is 0.0258. The Balaban J connectivity index is 1.50. The predicted molar refractivity (Wildman–Crippen MR) is 86.6 cm³/mol. The first kappa shape index (κ1) is 16.1. The quantitative estimate of drug-likeness (QED) is 0.833. The summed E-state index contributed by atoms with van der Waals surface area (Å²) < 4.78 is 10.7. The summed E-state index contributed by atoms with van der Waals surface area (Å²) in [5.74, 6) is 0.907. The van der Waals surface area contributed by atoms with Gasteiger partial charge in [-0.3, -0.25) is 4.79 Å². The summed E-state index contributed by atoms with van der Waals surface area (Å²) in [6.45, 7) is 1.58. The Morgan fingerprint density at radius 2 is 2.08 bits per heavy atom. The molecule has 0 bridgehead atoms. The van der Waals surface area contributed by atoms with Gasteiger partial charge < -0.3 is 19.7 Å². The fraction of sp³-hybridized carbons (Fsp3) is 0.778. The molecule has 1 amide bonds. The lowest BCUT2D eigenvalue weighted by molar-refractivity contribution is -0.0382. The third-order valence-corrected chi connectivity index (χ3v) is 6.10. The van der Waals surface area contributed by atoms with Crippen molar-refractivity contribution in [3.05, 3.63) is 17.5 Å². The van der Waals surface area contributed by atoms with E-state index in [0.717, 1.165) is 63.9 Å². The molecule has 2 aliphatic carbocycles. The van der Waals surface area contributed by atoms with Crippen LogP contribution in [0.15, 0.2) is 10.6 Å². The maximum absolute atomic E-state index is 12.7. The van der Waals surface area contributed by atoms with Crippen molar-refractivity contribution in [2.45, 2.75) is 56.9 Å². The molecule has 24 heavy (non-hydrogen) atoms. The second kappa shape index (κ2) is 6.48. The van der Waals surface area contributed by atoms with Crippen LogP contribution in [0.2, 0.25) is 0 Å². The zero-order valence-corrected chi connectivity index (χ0v) is 14.0. The molecule has 6 nitrogen and oxygen atoms in total. The second-order valence-corrected chi connectivity index (χ2v) is 7.67. The zero-order chi connectivity index (χ0) is 16.6. The summed E-state index contributed by atoms with van der Waals surface area (Å²) in [4.78, 5) is 12.7. The van der Waals surface area contributed by atoms with Gasteiger partial charge in [0.1, 0.15) is 0 Å². The number of carbonyl (C=O) groups excluding carboxylic acids is 1. The Morgan fingerprint density at radius 1 is 1.33 bits per heavy atom. The van der Waals surface area contributed by atoms with Gasteiger partial charge in [0.2, 0.25) is 5.76 Å². The number of aromatic nitrogens is 1. The molecular formula is C18H26N2O4. The molecule has 2 N–H and O–H groups in total. The lowest BCUT2D eigenvalue weighted by atomic mass is 9.60. The number of aliphatic hydroxyl groups is 1. The van der Waals surface area contributed by atoms with Crippen LogP contribution in [0.1, 0.15) is 67.1 Å². The third-order valence-electron chi connectivity index (χ3n) is 6.10. The topological polar surface area (TPSA) is 84.6 Å². The number of hydrogen-bond acceptors (Lipinski definition) is 5. The van der Waals surface area contributed by atoms with E-state index in [1.54, 1.807) is 6.07 Å². The Kier molecular flexibility index (Phi) is 4.35. The number of aliphatic hydroxyl groups excluding tert-OH is 1. The minimum Gasteiger partial charge on any atom is -0.396 e. The number of nitrogens with zero attached hydrogens (tertiary/aromatic N) is 1. The summed E-state index contributed by atoms with van der Waals surface area (Å²) in [6, 6.07) is 1.75. The highest BCUT2D eigenvalue weighted by Gasteiger charge is 2.48. The number of hydrogen-bond donors (Lipinski definition) is 2. The van der Waals surface area contributed by atoms with Gasteiger partial charge in [-0.1, -0.05) is 11.6 Å². The molecule has 4 rings (SSSR count). The van der Waals surface area contributed by atoms with Gasteiger partial charge in [0.05, 0.1) is 12.3 Å². The summed E-state index contributed by atoms with van der Waals surface area (Å²) in [5, 5.41) is 17.2. The van der Waals surface area contributed by atoms with Crippen molar-refractivity contribution in [2.75, 3.05) is 19.8 Å². The van der Waals surface area contributed by atoms with Crippen LogP contribution < -0.4 is 5.32 Å². The molecule has 1 unspecified atom stereocenters. The van der Waals surface area contributed by atoms with Crippen molar-refractivity contribution in [2.24, 2.45) is 11.3 Å². The smallest absolute Gasteiger partial charge is 0.290 e. The fourth-order valence-electron chi connectivity index (χ4n) is 4.20. The molecule has 1 aromatic heterocycles. The maximum atomic E-state index is 12.7. The standard InChI is InChI=1S/C18H26N2O4/c21-11-18(6-1-7-18)16(13-4-8-23-9-5-13)19-17(22)15-10-14(20-24-15)12-2-3-12/h10,12-13,16,21H,1-9,11H2,(H,19,22). The van der Waals surface area contributed by atoms with Crippen LogP contribution >= 0.6 is 0 Å². The van der Waals surface area contributed by atoms with E-state index in [0.29, 0.717) is 17.6 Å². The highest BCUT2D eigenvalue weighted by atomic mass is 16.5. The summed E-state index contributed by atoms with van der Waals surface area (Å²) >= 11 is 0. The van der Waals surface area contributed by atoms with Gasteiger partial charge in [0.25, 0.3) is 5.91 Å². The highest BCUT2D eigenvalue weighted by molar-refractivity contribution is 5.91. The van der Waals surface area contributed by atoms with Crippen LogP contribution in [0.3, 0.4) is 0 Å². The summed E-state index contributed by atoms with van der Waals surface area (Å²) in [6.07, 6.45) is 7.17. The van der Waals surface area contributed by atoms with E-state index in [1.807, 2.05) is 0 Å². The predicted octanol–water partition coefficient (Wildman–Crippen LogP) is 2.24. The van der Waals surface area contributed by atoms with Crippen molar-refractivity contribution in [1.29, 1.82) is 0 Å². The van der Waals surface area contributed by atoms with E-state index in [2.05, 4.69) is 10.5 Å². The Labute approximate surface area is 141 Å². The molecule has 0 radical (unpaired) electrons. The van der Waals surface area contributed by atoms with Gasteiger partial charge in [0, 0.05) is 36.7 Å². The van der Waals surface area contributed by atoms with Crippen molar-refractivity contribution >= 4 is 5.91 Å². The summed E-state index contributed by atoms with van der Waals surface area (Å²) in [5.41, 5.74) is 0.708. The molecule has 1 aromatic rings. The Hall–Kier alpha value is -1.40. The van der Waals surface area contributed by atoms with Gasteiger partial charge in [-0.2, -0.15) is 0 Å². The van der Waals surface area contributed by atoms with Gasteiger partial charge >= 0.3 is 0 Å². The third kappa shape index (κ3) is 2.97. The monoisotopic (exact) mass is 334 g/mol. The molecule has 1 atom stereocenters. The van der Waals surface area contributed by atoms with E-state index in [1.165, 1.54) is 0 Å². The van der Waals surface area contributed by atoms with Gasteiger partial charge in [-0.25, -0.2) is 0 Å². The molecule has 1 aliphatic heterocycles. The second-order valence-electron chi connectivity index (χ2n) is 7.67. The van der Waals surface area contributed by atoms with Crippen molar-refractivity contribution < 1.29 is 19.2 Å². The van der Waals surface area contributed by atoms with Crippen LogP contribution in [0, 0.1) is 11.3 Å². The number of rotatable bonds is 6. The van der Waals surface area contributed by atoms with Crippen molar-refractivity contribution in [1.82, 2.24) is 10.5 Å². The van der Waals surface area contributed by atoms with E-state index in [9.17, 15) is 9.90 Å². The highest BCUT2D eigenvalue weighted by Crippen LogP contribution is 2.47. The molecule has 2 saturated carbocycles. The van der Waals surface area contributed by atoms with Gasteiger partial charge in [0.15, 0.2) is 0 Å². The normalized spacial score (nSPS) is 25.0. The maximum Gasteiger partial charge on any atom is 0.290 e. The molecular weight excluding hydrogens is 308 g/mol. The number of amides is 1. The Morgan fingerprint density at radius 3 is 2.67 bits per heavy atom. The fourth-order valence-corrected chi connectivity index (χ4v) is 4.20. The van der Waals surface area contributed by atoms with Gasteiger partial charge in [-0.05, 0) is 44.4 Å². The molecule has 3 aliphatic rings. The summed E-state index contributed by atoms with van der Waals surface area (Å²) in [7, 11) is 0. The van der Waals surface area contributed by atoms with Crippen LogP contribution in [-0.2, 0) is 4.74 Å². The lowest BCUT2D eigenvalue weighted by Crippen LogP contribution is -2.57. The SMILES string of the molecule is O=C(NC(C1CCOCC1)C1(CO)CCC1)c1cc(C2CC2)no1. The zero-order valence-electron chi connectivity index (χ0n) is 14.0. The lowest BCUT2D eigenvalue weighted by Gasteiger charge is -2.50. The minimum atomic E-state index is -0.203. The van der Waals surface area contributed by atoms with E-state index >= 15 is 0 Å². The first-order chi connectivity index (χ1) is 11.7. The number of carbonyl (C=O) groups is 1. The van der Waals surface area contributed by atoms with Crippen molar-refractivity contribution in [3.8, 4) is 0 Å². The van der Waals surface area contributed by atoms with Crippen LogP contribution in [-0.4, -0.2) is 42.0 Å². The average Bonchev–Trinajstić information content (AvgIpc) is 3.31. The number of ether oxygens (including phenoxy) is 1. The van der Waals surface area contributed by atoms with E-state index < -0.39 is 0 Å². The Bertz CT molecular complexity index is 580. The first-order valence-electron chi connectivity index (χ1n) is 9.18. The van der Waals surface area contributed by atoms with Crippen LogP contribution in [0.4, 0.5) is 0 Å². The average molecular weight is 334 g/mol. The molecule has 0 spiro atoms. The molecule has 0 aromatic carbocycles. The molecule has 3 fully saturated rings. The van der Waals surface area contributed by atoms with Gasteiger partial charge in [-0.15, -0.1) is 0 Å². The molecule has 2 heterocycles. The largest absolute Gasteiger partial charge is 0.396 e. The van der Waals surface area contributed by atoms with E-state index in [4.69, 9.17) is 9.26 Å². The molecule has 6 heteroatoms. The molecule has 132 valence electrons. The number of nitrogens with one attached hydrogen (secondary N) is 1. The first-order valence-corrected chi connectivity index (χ1v) is 9.18. The van der Waals surface area contributed by atoms with Crippen LogP contribution in [0.25, 0.3) is 0 Å². The molecule has 1 saturated heterocycles. The van der Waals surface area contributed by atoms with Crippen molar-refractivity contribution in [3.63, 3.8) is 0 Å². The van der Waals surface area contributed by atoms with E-state index in [-0.39, 0.29) is 24.0 Å².